The van der Waals surface area contributed by atoms with Crippen molar-refractivity contribution in [2.24, 2.45) is 0 Å². The molecular formula is C29H34N4O5. The Kier molecular flexibility index (Phi) is 8.23. The normalized spacial score (nSPS) is 18.4. The Morgan fingerprint density at radius 3 is 2.58 bits per heavy atom. The largest absolute Gasteiger partial charge is 0.464 e. The van der Waals surface area contributed by atoms with Gasteiger partial charge in [0.05, 0.1) is 25.4 Å². The first kappa shape index (κ1) is 25.8. The van der Waals surface area contributed by atoms with Gasteiger partial charge >= 0.3 is 5.97 Å². The lowest BCUT2D eigenvalue weighted by atomic mass is 10.0. The number of piperazine rings is 1. The van der Waals surface area contributed by atoms with Gasteiger partial charge in [-0.1, -0.05) is 35.5 Å². The van der Waals surface area contributed by atoms with Crippen LogP contribution in [0, 0.1) is 0 Å². The molecule has 9 nitrogen and oxygen atoms in total. The van der Waals surface area contributed by atoms with Gasteiger partial charge in [-0.05, 0) is 44.0 Å². The Balaban J connectivity index is 1.16. The molecule has 0 radical (unpaired) electrons. The molecule has 0 N–H and O–H groups in total. The fourth-order valence-electron chi connectivity index (χ4n) is 5.07. The van der Waals surface area contributed by atoms with E-state index in [9.17, 15) is 9.59 Å². The van der Waals surface area contributed by atoms with Crippen LogP contribution >= 0.6 is 0 Å². The lowest BCUT2D eigenvalue weighted by Gasteiger charge is -2.36. The average Bonchev–Trinajstić information content (AvgIpc) is 3.38. The minimum absolute atomic E-state index is 0.0495. The Morgan fingerprint density at radius 2 is 1.79 bits per heavy atom. The van der Waals surface area contributed by atoms with Crippen LogP contribution in [0.15, 0.2) is 65.2 Å². The number of nitrogens with zero attached hydrogens (tertiary/aromatic N) is 4. The number of amides is 1. The zero-order chi connectivity index (χ0) is 26.3. The van der Waals surface area contributed by atoms with E-state index in [1.165, 1.54) is 0 Å². The zero-order valence-electron chi connectivity index (χ0n) is 21.8. The molecule has 2 aliphatic heterocycles. The van der Waals surface area contributed by atoms with Crippen molar-refractivity contribution >= 4 is 17.6 Å². The SMILES string of the molecule is CCOC(=O)C1CCCC(=O)N1Cc1cc(CN2CCN(c3ccccc3Oc3ccccc3)CC2)on1. The number of esters is 1. The van der Waals surface area contributed by atoms with Crippen LogP contribution in [-0.2, 0) is 27.4 Å². The van der Waals surface area contributed by atoms with Gasteiger partial charge in [-0.25, -0.2) is 4.79 Å². The third kappa shape index (κ3) is 6.16. The van der Waals surface area contributed by atoms with Gasteiger partial charge in [0.2, 0.25) is 5.91 Å². The Hall–Kier alpha value is -3.85. The number of piperidine rings is 1. The lowest BCUT2D eigenvalue weighted by molar-refractivity contribution is -0.158. The quantitative estimate of drug-likeness (QED) is 0.389. The Bertz CT molecular complexity index is 1220. The van der Waals surface area contributed by atoms with E-state index >= 15 is 0 Å². The van der Waals surface area contributed by atoms with Gasteiger partial charge in [0.25, 0.3) is 0 Å². The summed E-state index contributed by atoms with van der Waals surface area (Å²) in [5, 5.41) is 4.19. The van der Waals surface area contributed by atoms with E-state index in [1.54, 1.807) is 11.8 Å². The van der Waals surface area contributed by atoms with E-state index in [-0.39, 0.29) is 18.4 Å². The average molecular weight is 519 g/mol. The van der Waals surface area contributed by atoms with Crippen molar-refractivity contribution in [3.63, 3.8) is 0 Å². The number of hydrogen-bond donors (Lipinski definition) is 0. The number of hydrogen-bond acceptors (Lipinski definition) is 8. The number of carbonyl (C=O) groups excluding carboxylic acids is 2. The van der Waals surface area contributed by atoms with E-state index < -0.39 is 6.04 Å². The first-order valence-corrected chi connectivity index (χ1v) is 13.3. The van der Waals surface area contributed by atoms with Gasteiger partial charge in [-0.15, -0.1) is 0 Å². The van der Waals surface area contributed by atoms with Crippen LogP contribution < -0.4 is 9.64 Å². The van der Waals surface area contributed by atoms with Gasteiger partial charge in [-0.2, -0.15) is 0 Å². The van der Waals surface area contributed by atoms with Crippen molar-refractivity contribution < 1.29 is 23.6 Å². The molecule has 2 aromatic carbocycles. The highest BCUT2D eigenvalue weighted by atomic mass is 16.5. The van der Waals surface area contributed by atoms with Crippen LogP contribution in [0.3, 0.4) is 0 Å². The summed E-state index contributed by atoms with van der Waals surface area (Å²) in [7, 11) is 0. The molecule has 1 atom stereocenters. The summed E-state index contributed by atoms with van der Waals surface area (Å²) in [4.78, 5) is 31.2. The highest BCUT2D eigenvalue weighted by molar-refractivity contribution is 5.85. The number of benzene rings is 2. The molecule has 1 unspecified atom stereocenters. The van der Waals surface area contributed by atoms with Crippen LogP contribution in [-0.4, -0.2) is 65.7 Å². The van der Waals surface area contributed by atoms with Crippen molar-refractivity contribution in [2.45, 2.75) is 45.3 Å². The number of likely N-dealkylation sites (tertiary alicyclic amines) is 1. The molecule has 5 rings (SSSR count). The summed E-state index contributed by atoms with van der Waals surface area (Å²) in [6.45, 7) is 6.41. The second-order valence-electron chi connectivity index (χ2n) is 9.61. The first-order chi connectivity index (χ1) is 18.6. The summed E-state index contributed by atoms with van der Waals surface area (Å²) in [6.07, 6.45) is 1.74. The number of aromatic nitrogens is 1. The molecule has 0 spiro atoms. The van der Waals surface area contributed by atoms with Crippen LogP contribution in [0.25, 0.3) is 0 Å². The predicted octanol–water partition coefficient (Wildman–Crippen LogP) is 4.23. The lowest BCUT2D eigenvalue weighted by Crippen LogP contribution is -2.48. The first-order valence-electron chi connectivity index (χ1n) is 13.3. The van der Waals surface area contributed by atoms with Crippen molar-refractivity contribution in [3.8, 4) is 11.5 Å². The number of anilines is 1. The fourth-order valence-corrected chi connectivity index (χ4v) is 5.07. The molecule has 38 heavy (non-hydrogen) atoms. The molecule has 1 aromatic heterocycles. The predicted molar refractivity (Wildman–Crippen MR) is 142 cm³/mol. The second-order valence-corrected chi connectivity index (χ2v) is 9.61. The van der Waals surface area contributed by atoms with Gasteiger partial charge in [-0.3, -0.25) is 9.69 Å². The number of rotatable bonds is 9. The van der Waals surface area contributed by atoms with Crippen LogP contribution in [0.4, 0.5) is 5.69 Å². The Morgan fingerprint density at radius 1 is 1.03 bits per heavy atom. The molecule has 1 amide bonds. The summed E-state index contributed by atoms with van der Waals surface area (Å²) >= 11 is 0. The van der Waals surface area contributed by atoms with E-state index in [1.807, 2.05) is 54.6 Å². The molecule has 9 heteroatoms. The zero-order valence-corrected chi connectivity index (χ0v) is 21.8. The summed E-state index contributed by atoms with van der Waals surface area (Å²) < 4.78 is 16.9. The minimum Gasteiger partial charge on any atom is -0.464 e. The van der Waals surface area contributed by atoms with Crippen molar-refractivity contribution in [3.05, 3.63) is 72.1 Å². The molecule has 200 valence electrons. The standard InChI is InChI=1S/C29H34N4O5/c1-2-36-29(35)26-12-8-14-28(34)33(26)20-22-19-24(38-30-22)21-31-15-17-32(18-16-31)25-11-6-7-13-27(25)37-23-9-4-3-5-10-23/h3-7,9-11,13,19,26H,2,8,12,14-18,20-21H2,1H3. The number of para-hydroxylation sites is 3. The monoisotopic (exact) mass is 518 g/mol. The van der Waals surface area contributed by atoms with Gasteiger partial charge < -0.3 is 23.8 Å². The van der Waals surface area contributed by atoms with Crippen LogP contribution in [0.2, 0.25) is 0 Å². The van der Waals surface area contributed by atoms with E-state index in [4.69, 9.17) is 14.0 Å². The Labute approximate surface area is 222 Å². The molecule has 0 saturated carbocycles. The topological polar surface area (TPSA) is 88.4 Å². The van der Waals surface area contributed by atoms with Gasteiger partial charge in [0.1, 0.15) is 17.5 Å². The van der Waals surface area contributed by atoms with E-state index in [0.29, 0.717) is 38.1 Å². The molecule has 2 fully saturated rings. The highest BCUT2D eigenvalue weighted by Gasteiger charge is 2.35. The van der Waals surface area contributed by atoms with E-state index in [2.05, 4.69) is 21.0 Å². The molecule has 0 aliphatic carbocycles. The molecule has 3 aromatic rings. The van der Waals surface area contributed by atoms with Crippen molar-refractivity contribution in [2.75, 3.05) is 37.7 Å². The van der Waals surface area contributed by atoms with Gasteiger partial charge in [0.15, 0.2) is 11.5 Å². The third-order valence-corrected chi connectivity index (χ3v) is 6.99. The van der Waals surface area contributed by atoms with Gasteiger partial charge in [0, 0.05) is 38.7 Å². The fraction of sp³-hybridized carbons (Fsp3) is 0.414. The van der Waals surface area contributed by atoms with Crippen molar-refractivity contribution in [1.82, 2.24) is 15.0 Å². The summed E-state index contributed by atoms with van der Waals surface area (Å²) in [6, 6.07) is 19.3. The van der Waals surface area contributed by atoms with Crippen molar-refractivity contribution in [1.29, 1.82) is 0 Å². The summed E-state index contributed by atoms with van der Waals surface area (Å²) in [5.41, 5.74) is 1.73. The summed E-state index contributed by atoms with van der Waals surface area (Å²) in [5.74, 6) is 2.02. The minimum atomic E-state index is -0.557. The van der Waals surface area contributed by atoms with Crippen LogP contribution in [0.5, 0.6) is 11.5 Å². The third-order valence-electron chi connectivity index (χ3n) is 6.99. The number of carbonyl (C=O) groups is 2. The maximum absolute atomic E-state index is 12.6. The molecule has 3 heterocycles. The number of ether oxygens (including phenoxy) is 2. The van der Waals surface area contributed by atoms with E-state index in [0.717, 1.165) is 49.1 Å². The van der Waals surface area contributed by atoms with Crippen LogP contribution in [0.1, 0.15) is 37.6 Å². The molecule has 0 bridgehead atoms. The molecular weight excluding hydrogens is 484 g/mol. The molecule has 2 saturated heterocycles. The molecule has 2 aliphatic rings. The second kappa shape index (κ2) is 12.1. The maximum atomic E-state index is 12.6. The highest BCUT2D eigenvalue weighted by Crippen LogP contribution is 2.33. The maximum Gasteiger partial charge on any atom is 0.328 e. The smallest absolute Gasteiger partial charge is 0.328 e.